The molecule has 1 aliphatic rings. The third-order valence-electron chi connectivity index (χ3n) is 4.35. The Bertz CT molecular complexity index is 504. The van der Waals surface area contributed by atoms with Gasteiger partial charge in [-0.15, -0.1) is 24.0 Å². The number of unbranched alkanes of at least 4 members (excludes halogenated alkanes) is 1. The van der Waals surface area contributed by atoms with E-state index in [1.807, 2.05) is 19.3 Å². The number of rotatable bonds is 11. The lowest BCUT2D eigenvalue weighted by Crippen LogP contribution is -2.38. The third kappa shape index (κ3) is 9.18. The largest absolute Gasteiger partial charge is 0.379 e. The predicted octanol–water partition coefficient (Wildman–Crippen LogP) is 2.34. The quantitative estimate of drug-likeness (QED) is 0.221. The van der Waals surface area contributed by atoms with Gasteiger partial charge in [-0.25, -0.2) is 4.98 Å². The molecule has 1 saturated heterocycles. The van der Waals surface area contributed by atoms with Crippen LogP contribution in [0.3, 0.4) is 0 Å². The molecule has 1 atom stereocenters. The summed E-state index contributed by atoms with van der Waals surface area (Å²) in [6.45, 7) is 7.20. The first-order chi connectivity index (χ1) is 12.3. The number of hydrogen-bond donors (Lipinski definition) is 2. The molecule has 1 fully saturated rings. The minimum absolute atomic E-state index is 0. The molecule has 1 aliphatic heterocycles. The molecular formula is C18H34IN5O2. The molecule has 1 aromatic heterocycles. The summed E-state index contributed by atoms with van der Waals surface area (Å²) in [6, 6.07) is 0. The highest BCUT2D eigenvalue weighted by molar-refractivity contribution is 14.0. The predicted molar refractivity (Wildman–Crippen MR) is 115 cm³/mol. The van der Waals surface area contributed by atoms with Gasteiger partial charge >= 0.3 is 0 Å². The monoisotopic (exact) mass is 479 g/mol. The lowest BCUT2D eigenvalue weighted by molar-refractivity contribution is 0.0168. The molecule has 0 spiro atoms. The highest BCUT2D eigenvalue weighted by atomic mass is 127. The summed E-state index contributed by atoms with van der Waals surface area (Å²) in [7, 11) is 1.80. The van der Waals surface area contributed by atoms with E-state index in [1.54, 1.807) is 7.05 Å². The number of aliphatic imine (C=N–C) groups is 1. The van der Waals surface area contributed by atoms with Gasteiger partial charge in [0.1, 0.15) is 5.82 Å². The fraction of sp³-hybridized carbons (Fsp3) is 0.778. The fourth-order valence-corrected chi connectivity index (χ4v) is 2.85. The van der Waals surface area contributed by atoms with Crippen molar-refractivity contribution in [2.45, 2.75) is 51.7 Å². The second-order valence-corrected chi connectivity index (χ2v) is 6.36. The molecule has 0 aliphatic carbocycles. The SMILES string of the molecule is CN=C(NCCCCn1ccnc1C)NCCCOCC1CCCO1.I. The van der Waals surface area contributed by atoms with Gasteiger partial charge in [-0.05, 0) is 39.0 Å². The Balaban J connectivity index is 0.00000338. The molecule has 1 aromatic rings. The van der Waals surface area contributed by atoms with Gasteiger partial charge < -0.3 is 24.7 Å². The summed E-state index contributed by atoms with van der Waals surface area (Å²) in [5, 5.41) is 6.68. The van der Waals surface area contributed by atoms with Crippen molar-refractivity contribution in [3.8, 4) is 0 Å². The van der Waals surface area contributed by atoms with Crippen LogP contribution in [0.5, 0.6) is 0 Å². The number of nitrogens with zero attached hydrogens (tertiary/aromatic N) is 3. The molecule has 2 N–H and O–H groups in total. The Morgan fingerprint density at radius 1 is 1.35 bits per heavy atom. The number of ether oxygens (including phenoxy) is 2. The zero-order valence-electron chi connectivity index (χ0n) is 16.1. The molecule has 1 unspecified atom stereocenters. The Kier molecular flexibility index (Phi) is 12.7. The molecule has 2 heterocycles. The van der Waals surface area contributed by atoms with E-state index in [2.05, 4.69) is 25.2 Å². The van der Waals surface area contributed by atoms with Crippen molar-refractivity contribution in [2.75, 3.05) is 40.0 Å². The zero-order chi connectivity index (χ0) is 17.7. The first-order valence-electron chi connectivity index (χ1n) is 9.41. The summed E-state index contributed by atoms with van der Waals surface area (Å²) in [6.07, 6.45) is 9.69. The maximum atomic E-state index is 5.66. The number of nitrogens with one attached hydrogen (secondary N) is 2. The van der Waals surface area contributed by atoms with Crippen molar-refractivity contribution in [1.29, 1.82) is 0 Å². The smallest absolute Gasteiger partial charge is 0.190 e. The van der Waals surface area contributed by atoms with E-state index in [9.17, 15) is 0 Å². The van der Waals surface area contributed by atoms with Crippen molar-refractivity contribution in [3.05, 3.63) is 18.2 Å². The molecule has 150 valence electrons. The number of aromatic nitrogens is 2. The summed E-state index contributed by atoms with van der Waals surface area (Å²) < 4.78 is 13.4. The molecule has 0 aromatic carbocycles. The highest BCUT2D eigenvalue weighted by Crippen LogP contribution is 2.11. The van der Waals surface area contributed by atoms with E-state index in [1.165, 1.54) is 6.42 Å². The molecule has 8 heteroatoms. The van der Waals surface area contributed by atoms with Crippen LogP contribution in [0.1, 0.15) is 37.9 Å². The van der Waals surface area contributed by atoms with Gasteiger partial charge in [0.05, 0.1) is 12.7 Å². The van der Waals surface area contributed by atoms with Gasteiger partial charge in [-0.1, -0.05) is 0 Å². The van der Waals surface area contributed by atoms with Crippen LogP contribution in [0.25, 0.3) is 0 Å². The average molecular weight is 479 g/mol. The molecule has 0 radical (unpaired) electrons. The van der Waals surface area contributed by atoms with Crippen LogP contribution in [0.15, 0.2) is 17.4 Å². The van der Waals surface area contributed by atoms with Gasteiger partial charge in [0.25, 0.3) is 0 Å². The lowest BCUT2D eigenvalue weighted by Gasteiger charge is -2.13. The van der Waals surface area contributed by atoms with Gasteiger partial charge in [0.15, 0.2) is 5.96 Å². The van der Waals surface area contributed by atoms with E-state index in [0.717, 1.165) is 76.9 Å². The number of halogens is 1. The van der Waals surface area contributed by atoms with Gasteiger partial charge in [-0.3, -0.25) is 4.99 Å². The topological polar surface area (TPSA) is 72.7 Å². The maximum Gasteiger partial charge on any atom is 0.190 e. The minimum Gasteiger partial charge on any atom is -0.379 e. The minimum atomic E-state index is 0. The zero-order valence-corrected chi connectivity index (χ0v) is 18.4. The summed E-state index contributed by atoms with van der Waals surface area (Å²) in [5.74, 6) is 1.94. The summed E-state index contributed by atoms with van der Waals surface area (Å²) in [4.78, 5) is 8.48. The standard InChI is InChI=1S/C18H33N5O2.HI/c1-16-20-10-12-23(16)11-4-3-8-21-18(19-2)22-9-6-13-24-15-17-7-5-14-25-17;/h10,12,17H,3-9,11,13-15H2,1-2H3,(H2,19,21,22);1H. The van der Waals surface area contributed by atoms with Crippen LogP contribution >= 0.6 is 24.0 Å². The first kappa shape index (κ1) is 23.2. The lowest BCUT2D eigenvalue weighted by atomic mass is 10.2. The van der Waals surface area contributed by atoms with Crippen LogP contribution < -0.4 is 10.6 Å². The van der Waals surface area contributed by atoms with Gasteiger partial charge in [0.2, 0.25) is 0 Å². The van der Waals surface area contributed by atoms with Crippen molar-refractivity contribution in [3.63, 3.8) is 0 Å². The molecule has 2 rings (SSSR count). The molecular weight excluding hydrogens is 445 g/mol. The van der Waals surface area contributed by atoms with Crippen LogP contribution in [0.4, 0.5) is 0 Å². The van der Waals surface area contributed by atoms with Gasteiger partial charge in [0, 0.05) is 52.3 Å². The molecule has 0 bridgehead atoms. The van der Waals surface area contributed by atoms with Crippen molar-refractivity contribution < 1.29 is 9.47 Å². The van der Waals surface area contributed by atoms with Crippen molar-refractivity contribution >= 4 is 29.9 Å². The Morgan fingerprint density at radius 2 is 2.15 bits per heavy atom. The van der Waals surface area contributed by atoms with Crippen molar-refractivity contribution in [2.24, 2.45) is 4.99 Å². The van der Waals surface area contributed by atoms with Crippen LogP contribution in [0, 0.1) is 6.92 Å². The maximum absolute atomic E-state index is 5.66. The van der Waals surface area contributed by atoms with E-state index >= 15 is 0 Å². The van der Waals surface area contributed by atoms with Crippen LogP contribution in [-0.2, 0) is 16.0 Å². The Labute approximate surface area is 174 Å². The molecule has 26 heavy (non-hydrogen) atoms. The van der Waals surface area contributed by atoms with Crippen LogP contribution in [-0.4, -0.2) is 61.6 Å². The number of aryl methyl sites for hydroxylation is 2. The van der Waals surface area contributed by atoms with E-state index in [-0.39, 0.29) is 24.0 Å². The number of hydrogen-bond acceptors (Lipinski definition) is 4. The molecule has 7 nitrogen and oxygen atoms in total. The Hall–Kier alpha value is -0.870. The van der Waals surface area contributed by atoms with Gasteiger partial charge in [-0.2, -0.15) is 0 Å². The third-order valence-corrected chi connectivity index (χ3v) is 4.35. The van der Waals surface area contributed by atoms with E-state index in [0.29, 0.717) is 6.10 Å². The second-order valence-electron chi connectivity index (χ2n) is 6.36. The second kappa shape index (κ2) is 14.2. The normalized spacial score (nSPS) is 17.2. The average Bonchev–Trinajstić information content (AvgIpc) is 3.27. The summed E-state index contributed by atoms with van der Waals surface area (Å²) in [5.41, 5.74) is 0. The van der Waals surface area contributed by atoms with Crippen LogP contribution in [0.2, 0.25) is 0 Å². The summed E-state index contributed by atoms with van der Waals surface area (Å²) >= 11 is 0. The van der Waals surface area contributed by atoms with Crippen molar-refractivity contribution in [1.82, 2.24) is 20.2 Å². The molecule has 0 saturated carbocycles. The van der Waals surface area contributed by atoms with E-state index in [4.69, 9.17) is 9.47 Å². The first-order valence-corrected chi connectivity index (χ1v) is 9.41. The fourth-order valence-electron chi connectivity index (χ4n) is 2.85. The Morgan fingerprint density at radius 3 is 2.81 bits per heavy atom. The number of guanidine groups is 1. The van der Waals surface area contributed by atoms with E-state index < -0.39 is 0 Å². The number of imidazole rings is 1. The highest BCUT2D eigenvalue weighted by Gasteiger charge is 2.14. The molecule has 0 amide bonds.